The number of rotatable bonds is 7. The van der Waals surface area contributed by atoms with Crippen molar-refractivity contribution in [2.45, 2.75) is 24.9 Å². The highest BCUT2D eigenvalue weighted by Gasteiger charge is 2.35. The van der Waals surface area contributed by atoms with Crippen LogP contribution in [0.4, 0.5) is 0 Å². The first-order valence-electron chi connectivity index (χ1n) is 8.75. The first-order chi connectivity index (χ1) is 12.3. The molecule has 0 saturated carbocycles. The van der Waals surface area contributed by atoms with Gasteiger partial charge in [0.25, 0.3) is 0 Å². The molecule has 26 heavy (non-hydrogen) atoms. The van der Waals surface area contributed by atoms with Crippen molar-refractivity contribution in [3.05, 3.63) is 17.7 Å². The van der Waals surface area contributed by atoms with Gasteiger partial charge in [0, 0.05) is 13.1 Å². The van der Waals surface area contributed by atoms with Crippen molar-refractivity contribution in [1.29, 1.82) is 0 Å². The lowest BCUT2D eigenvalue weighted by atomic mass is 9.92. The normalized spacial score (nSPS) is 20.2. The number of nitrogens with zero attached hydrogens (tertiary/aromatic N) is 2. The summed E-state index contributed by atoms with van der Waals surface area (Å²) in [5.74, 6) is 1.54. The highest BCUT2D eigenvalue weighted by Crippen LogP contribution is 2.38. The minimum atomic E-state index is -0.854. The summed E-state index contributed by atoms with van der Waals surface area (Å²) in [6.07, 6.45) is 1.72. The number of ether oxygens (including phenoxy) is 3. The maximum absolute atomic E-state index is 12.8. The molecule has 1 atom stereocenters. The van der Waals surface area contributed by atoms with E-state index in [-0.39, 0.29) is 12.3 Å². The lowest BCUT2D eigenvalue weighted by Crippen LogP contribution is -2.55. The van der Waals surface area contributed by atoms with E-state index >= 15 is 0 Å². The average Bonchev–Trinajstić information content (AvgIpc) is 2.59. The third kappa shape index (κ3) is 4.80. The lowest BCUT2D eigenvalue weighted by molar-refractivity contribution is -0.138. The van der Waals surface area contributed by atoms with E-state index in [9.17, 15) is 9.90 Å². The second-order valence-electron chi connectivity index (χ2n) is 7.09. The second kappa shape index (κ2) is 8.60. The van der Waals surface area contributed by atoms with Crippen LogP contribution >= 0.6 is 0 Å². The van der Waals surface area contributed by atoms with Crippen LogP contribution in [0, 0.1) is 0 Å². The Labute approximate surface area is 155 Å². The summed E-state index contributed by atoms with van der Waals surface area (Å²) in [6.45, 7) is 1.56. The van der Waals surface area contributed by atoms with Crippen LogP contribution in [-0.4, -0.2) is 81.5 Å². The standard InChI is InChI=1S/C19H30N2O5/c1-20(2)12-19(23)7-6-8-21(13-19)17(22)11-14-9-15(24-3)18(26-5)16(10-14)25-4/h9-10,23H,6-8,11-13H2,1-5H3/t19-/m0/s1. The Balaban J connectivity index is 2.14. The molecule has 7 heteroatoms. The van der Waals surface area contributed by atoms with Gasteiger partial charge in [-0.1, -0.05) is 0 Å². The molecule has 0 aliphatic carbocycles. The topological polar surface area (TPSA) is 71.5 Å². The molecule has 1 aliphatic rings. The zero-order chi connectivity index (χ0) is 19.3. The average molecular weight is 366 g/mol. The molecule has 146 valence electrons. The minimum absolute atomic E-state index is 0.0174. The van der Waals surface area contributed by atoms with Crippen LogP contribution in [0.2, 0.25) is 0 Å². The number of benzene rings is 1. The number of aliphatic hydroxyl groups is 1. The minimum Gasteiger partial charge on any atom is -0.493 e. The number of likely N-dealkylation sites (N-methyl/N-ethyl adjacent to an activating group) is 1. The number of likely N-dealkylation sites (tertiary alicyclic amines) is 1. The fourth-order valence-corrected chi connectivity index (χ4v) is 3.57. The molecular weight excluding hydrogens is 336 g/mol. The van der Waals surface area contributed by atoms with Crippen LogP contribution < -0.4 is 14.2 Å². The number of hydrogen-bond donors (Lipinski definition) is 1. The maximum atomic E-state index is 12.8. The highest BCUT2D eigenvalue weighted by molar-refractivity contribution is 5.79. The van der Waals surface area contributed by atoms with Crippen LogP contribution in [0.1, 0.15) is 18.4 Å². The number of carbonyl (C=O) groups is 1. The molecule has 0 bridgehead atoms. The Kier molecular flexibility index (Phi) is 6.72. The summed E-state index contributed by atoms with van der Waals surface area (Å²) in [7, 11) is 8.50. The van der Waals surface area contributed by atoms with Crippen LogP contribution in [0.3, 0.4) is 0 Å². The van der Waals surface area contributed by atoms with Gasteiger partial charge >= 0.3 is 0 Å². The van der Waals surface area contributed by atoms with Gasteiger partial charge in [-0.25, -0.2) is 0 Å². The van der Waals surface area contributed by atoms with Gasteiger partial charge in [-0.3, -0.25) is 4.79 Å². The Morgan fingerprint density at radius 2 is 1.81 bits per heavy atom. The molecule has 0 unspecified atom stereocenters. The van der Waals surface area contributed by atoms with Crippen molar-refractivity contribution in [2.24, 2.45) is 0 Å². The zero-order valence-corrected chi connectivity index (χ0v) is 16.4. The summed E-state index contributed by atoms with van der Waals surface area (Å²) in [4.78, 5) is 16.5. The number of methoxy groups -OCH3 is 3. The van der Waals surface area contributed by atoms with Crippen molar-refractivity contribution in [1.82, 2.24) is 9.80 Å². The number of piperidine rings is 1. The van der Waals surface area contributed by atoms with Crippen LogP contribution in [0.25, 0.3) is 0 Å². The summed E-state index contributed by atoms with van der Waals surface area (Å²) in [5, 5.41) is 10.8. The third-order valence-corrected chi connectivity index (χ3v) is 4.60. The molecule has 7 nitrogen and oxygen atoms in total. The van der Waals surface area contributed by atoms with Crippen molar-refractivity contribution >= 4 is 5.91 Å². The first-order valence-corrected chi connectivity index (χ1v) is 8.75. The van der Waals surface area contributed by atoms with E-state index in [1.165, 1.54) is 0 Å². The van der Waals surface area contributed by atoms with E-state index in [1.54, 1.807) is 38.4 Å². The molecular formula is C19H30N2O5. The van der Waals surface area contributed by atoms with Crippen molar-refractivity contribution < 1.29 is 24.1 Å². The van der Waals surface area contributed by atoms with Crippen molar-refractivity contribution in [2.75, 3.05) is 55.1 Å². The van der Waals surface area contributed by atoms with E-state index in [0.29, 0.717) is 43.3 Å². The molecule has 1 aromatic carbocycles. The van der Waals surface area contributed by atoms with Crippen LogP contribution in [0.15, 0.2) is 12.1 Å². The van der Waals surface area contributed by atoms with Gasteiger partial charge in [0.05, 0.1) is 39.9 Å². The fraction of sp³-hybridized carbons (Fsp3) is 0.632. The Hall–Kier alpha value is -1.99. The van der Waals surface area contributed by atoms with Gasteiger partial charge in [-0.15, -0.1) is 0 Å². The number of β-amino-alcohol motifs (C(OH)–C–C–N with tert-alkyl or cyclic N) is 1. The first kappa shape index (κ1) is 20.3. The largest absolute Gasteiger partial charge is 0.493 e. The Morgan fingerprint density at radius 3 is 2.31 bits per heavy atom. The SMILES string of the molecule is COc1cc(CC(=O)N2CCC[C@](O)(CN(C)C)C2)cc(OC)c1OC. The van der Waals surface area contributed by atoms with Crippen LogP contribution in [0.5, 0.6) is 17.2 Å². The van der Waals surface area contributed by atoms with E-state index in [1.807, 2.05) is 19.0 Å². The maximum Gasteiger partial charge on any atom is 0.227 e. The molecule has 0 aromatic heterocycles. The molecule has 0 spiro atoms. The van der Waals surface area contributed by atoms with Gasteiger partial charge in [-0.2, -0.15) is 0 Å². The predicted molar refractivity (Wildman–Crippen MR) is 99.1 cm³/mol. The second-order valence-corrected chi connectivity index (χ2v) is 7.09. The summed E-state index contributed by atoms with van der Waals surface area (Å²) < 4.78 is 16.0. The zero-order valence-electron chi connectivity index (χ0n) is 16.4. The van der Waals surface area contributed by atoms with Crippen molar-refractivity contribution in [3.8, 4) is 17.2 Å². The quantitative estimate of drug-likeness (QED) is 0.781. The van der Waals surface area contributed by atoms with Gasteiger partial charge in [0.15, 0.2) is 11.5 Å². The molecule has 1 heterocycles. The van der Waals surface area contributed by atoms with Crippen molar-refractivity contribution in [3.63, 3.8) is 0 Å². The molecule has 1 amide bonds. The fourth-order valence-electron chi connectivity index (χ4n) is 3.57. The summed E-state index contributed by atoms with van der Waals surface area (Å²) in [5.41, 5.74) is -0.0709. The molecule has 1 N–H and O–H groups in total. The molecule has 2 rings (SSSR count). The van der Waals surface area contributed by atoms with E-state index in [0.717, 1.165) is 12.0 Å². The Bertz CT molecular complexity index is 609. The van der Waals surface area contributed by atoms with Crippen LogP contribution in [-0.2, 0) is 11.2 Å². The number of hydrogen-bond acceptors (Lipinski definition) is 6. The summed E-state index contributed by atoms with van der Waals surface area (Å²) >= 11 is 0. The Morgan fingerprint density at radius 1 is 1.19 bits per heavy atom. The highest BCUT2D eigenvalue weighted by atomic mass is 16.5. The molecule has 1 fully saturated rings. The molecule has 1 saturated heterocycles. The molecule has 1 aromatic rings. The van der Waals surface area contributed by atoms with E-state index in [2.05, 4.69) is 0 Å². The number of amides is 1. The van der Waals surface area contributed by atoms with Gasteiger partial charge in [0.1, 0.15) is 0 Å². The smallest absolute Gasteiger partial charge is 0.227 e. The predicted octanol–water partition coefficient (Wildman–Crippen LogP) is 1.17. The van der Waals surface area contributed by atoms with Gasteiger partial charge in [0.2, 0.25) is 11.7 Å². The van der Waals surface area contributed by atoms with E-state index < -0.39 is 5.60 Å². The molecule has 0 radical (unpaired) electrons. The van der Waals surface area contributed by atoms with E-state index in [4.69, 9.17) is 14.2 Å². The van der Waals surface area contributed by atoms with Gasteiger partial charge < -0.3 is 29.1 Å². The summed E-state index contributed by atoms with van der Waals surface area (Å²) in [6, 6.07) is 3.57. The lowest BCUT2D eigenvalue weighted by Gasteiger charge is -2.40. The number of carbonyl (C=O) groups excluding carboxylic acids is 1. The molecule has 1 aliphatic heterocycles. The third-order valence-electron chi connectivity index (χ3n) is 4.60. The monoisotopic (exact) mass is 366 g/mol. The van der Waals surface area contributed by atoms with Gasteiger partial charge in [-0.05, 0) is 44.6 Å².